The van der Waals surface area contributed by atoms with E-state index in [0.29, 0.717) is 30.5 Å². The molecule has 1 aromatic heterocycles. The molecule has 2 N–H and O–H groups in total. The van der Waals surface area contributed by atoms with E-state index in [1.165, 1.54) is 6.39 Å². The Morgan fingerprint density at radius 2 is 2.11 bits per heavy atom. The van der Waals surface area contributed by atoms with Crippen LogP contribution in [0.4, 0.5) is 0 Å². The minimum atomic E-state index is -0.462. The summed E-state index contributed by atoms with van der Waals surface area (Å²) in [7, 11) is 0. The molecule has 1 atom stereocenters. The van der Waals surface area contributed by atoms with E-state index in [4.69, 9.17) is 19.7 Å². The molecule has 0 amide bonds. The molecule has 0 saturated carbocycles. The summed E-state index contributed by atoms with van der Waals surface area (Å²) in [6.45, 7) is 1.07. The lowest BCUT2D eigenvalue weighted by atomic mass is 10.1. The molecule has 1 unspecified atom stereocenters. The Labute approximate surface area is 111 Å². The molecular weight excluding hydrogens is 302 g/mol. The van der Waals surface area contributed by atoms with Crippen molar-refractivity contribution in [1.82, 2.24) is 10.1 Å². The molecule has 0 spiro atoms. The summed E-state index contributed by atoms with van der Waals surface area (Å²) in [5.74, 6) is 1.80. The van der Waals surface area contributed by atoms with Crippen molar-refractivity contribution in [3.05, 3.63) is 34.4 Å². The van der Waals surface area contributed by atoms with Crippen molar-refractivity contribution in [3.8, 4) is 11.5 Å². The summed E-state index contributed by atoms with van der Waals surface area (Å²) in [5, 5.41) is 3.74. The Morgan fingerprint density at radius 3 is 2.89 bits per heavy atom. The summed E-state index contributed by atoms with van der Waals surface area (Å²) in [4.78, 5) is 3.94. The third-order valence-corrected chi connectivity index (χ3v) is 3.22. The number of nitrogens with zero attached hydrogens (tertiary/aromatic N) is 2. The largest absolute Gasteiger partial charge is 0.486 e. The second-order valence-electron chi connectivity index (χ2n) is 3.79. The quantitative estimate of drug-likeness (QED) is 0.908. The molecular formula is C11H10BrN3O3. The average molecular weight is 312 g/mol. The van der Waals surface area contributed by atoms with E-state index in [1.54, 1.807) is 0 Å². The van der Waals surface area contributed by atoms with Crippen molar-refractivity contribution in [2.45, 2.75) is 6.04 Å². The van der Waals surface area contributed by atoms with Crippen LogP contribution in [0.25, 0.3) is 0 Å². The topological polar surface area (TPSA) is 83.4 Å². The van der Waals surface area contributed by atoms with Gasteiger partial charge in [0.15, 0.2) is 17.3 Å². The molecule has 0 bridgehead atoms. The number of hydrogen-bond acceptors (Lipinski definition) is 6. The molecule has 0 saturated heterocycles. The SMILES string of the molecule is NC(c1cc(Br)c2c(c1)OCCO2)c1ncon1. The van der Waals surface area contributed by atoms with E-state index < -0.39 is 6.04 Å². The molecule has 7 heteroatoms. The highest BCUT2D eigenvalue weighted by atomic mass is 79.9. The van der Waals surface area contributed by atoms with Gasteiger partial charge < -0.3 is 19.7 Å². The zero-order valence-electron chi connectivity index (χ0n) is 9.30. The summed E-state index contributed by atoms with van der Waals surface area (Å²) in [6, 6.07) is 3.24. The number of benzene rings is 1. The first-order valence-corrected chi connectivity index (χ1v) is 6.16. The first kappa shape index (κ1) is 11.5. The number of rotatable bonds is 2. The third-order valence-electron chi connectivity index (χ3n) is 2.63. The van der Waals surface area contributed by atoms with Crippen LogP contribution < -0.4 is 15.2 Å². The molecule has 18 heavy (non-hydrogen) atoms. The molecule has 1 aromatic carbocycles. The van der Waals surface area contributed by atoms with Crippen molar-refractivity contribution in [1.29, 1.82) is 0 Å². The van der Waals surface area contributed by atoms with Crippen LogP contribution in [0.15, 0.2) is 27.5 Å². The van der Waals surface area contributed by atoms with Gasteiger partial charge in [-0.05, 0) is 33.6 Å². The Balaban J connectivity index is 2.00. The Kier molecular flexibility index (Phi) is 2.92. The van der Waals surface area contributed by atoms with Crippen LogP contribution >= 0.6 is 15.9 Å². The number of hydrogen-bond donors (Lipinski definition) is 1. The van der Waals surface area contributed by atoms with Gasteiger partial charge in [0.25, 0.3) is 0 Å². The normalized spacial score (nSPS) is 15.4. The predicted octanol–water partition coefficient (Wildman–Crippen LogP) is 1.65. The Hall–Kier alpha value is -1.60. The maximum absolute atomic E-state index is 6.06. The van der Waals surface area contributed by atoms with Gasteiger partial charge in [0, 0.05) is 0 Å². The van der Waals surface area contributed by atoms with Crippen LogP contribution in [0.5, 0.6) is 11.5 Å². The van der Waals surface area contributed by atoms with E-state index in [0.717, 1.165) is 10.0 Å². The van der Waals surface area contributed by atoms with Crippen LogP contribution in [-0.4, -0.2) is 23.4 Å². The van der Waals surface area contributed by atoms with Crippen LogP contribution in [0.2, 0.25) is 0 Å². The van der Waals surface area contributed by atoms with Crippen molar-refractivity contribution in [2.24, 2.45) is 5.73 Å². The van der Waals surface area contributed by atoms with Gasteiger partial charge in [0.2, 0.25) is 6.39 Å². The first-order chi connectivity index (χ1) is 8.75. The maximum Gasteiger partial charge on any atom is 0.213 e. The van der Waals surface area contributed by atoms with E-state index in [9.17, 15) is 0 Å². The first-order valence-electron chi connectivity index (χ1n) is 5.36. The van der Waals surface area contributed by atoms with Crippen LogP contribution in [0, 0.1) is 0 Å². The van der Waals surface area contributed by atoms with Gasteiger partial charge in [-0.25, -0.2) is 0 Å². The summed E-state index contributed by atoms with van der Waals surface area (Å²) < 4.78 is 16.5. The molecule has 0 radical (unpaired) electrons. The Morgan fingerprint density at radius 1 is 1.28 bits per heavy atom. The van der Waals surface area contributed by atoms with Gasteiger partial charge in [-0.15, -0.1) is 0 Å². The highest BCUT2D eigenvalue weighted by molar-refractivity contribution is 9.10. The van der Waals surface area contributed by atoms with Crippen molar-refractivity contribution in [3.63, 3.8) is 0 Å². The number of halogens is 1. The van der Waals surface area contributed by atoms with Gasteiger partial charge in [0.1, 0.15) is 13.2 Å². The Bertz CT molecular complexity index is 559. The monoisotopic (exact) mass is 311 g/mol. The van der Waals surface area contributed by atoms with Gasteiger partial charge in [0.05, 0.1) is 10.5 Å². The van der Waals surface area contributed by atoms with Crippen LogP contribution in [0.3, 0.4) is 0 Å². The summed E-state index contributed by atoms with van der Waals surface area (Å²) in [5.41, 5.74) is 6.89. The highest BCUT2D eigenvalue weighted by Crippen LogP contribution is 2.40. The smallest absolute Gasteiger partial charge is 0.213 e. The van der Waals surface area contributed by atoms with Crippen LogP contribution in [0.1, 0.15) is 17.4 Å². The molecule has 2 heterocycles. The second kappa shape index (κ2) is 4.58. The van der Waals surface area contributed by atoms with E-state index >= 15 is 0 Å². The van der Waals surface area contributed by atoms with Gasteiger partial charge in [-0.1, -0.05) is 5.16 Å². The number of ether oxygens (including phenoxy) is 2. The van der Waals surface area contributed by atoms with E-state index in [1.807, 2.05) is 12.1 Å². The third kappa shape index (κ3) is 1.95. The minimum absolute atomic E-state index is 0.429. The number of nitrogens with two attached hydrogens (primary N) is 1. The van der Waals surface area contributed by atoms with Crippen molar-refractivity contribution in [2.75, 3.05) is 13.2 Å². The summed E-state index contributed by atoms with van der Waals surface area (Å²) >= 11 is 3.44. The molecule has 1 aliphatic rings. The lowest BCUT2D eigenvalue weighted by Crippen LogP contribution is -2.18. The lowest BCUT2D eigenvalue weighted by Gasteiger charge is -2.21. The molecule has 6 nitrogen and oxygen atoms in total. The van der Waals surface area contributed by atoms with Gasteiger partial charge in [-0.3, -0.25) is 0 Å². The molecule has 3 rings (SSSR count). The summed E-state index contributed by atoms with van der Waals surface area (Å²) in [6.07, 6.45) is 1.25. The zero-order valence-corrected chi connectivity index (χ0v) is 10.9. The number of aromatic nitrogens is 2. The lowest BCUT2D eigenvalue weighted by molar-refractivity contribution is 0.170. The molecule has 0 fully saturated rings. The molecule has 0 aliphatic carbocycles. The van der Waals surface area contributed by atoms with Gasteiger partial charge >= 0.3 is 0 Å². The maximum atomic E-state index is 6.06. The zero-order chi connectivity index (χ0) is 12.5. The highest BCUT2D eigenvalue weighted by Gasteiger charge is 2.21. The average Bonchev–Trinajstić information content (AvgIpc) is 2.91. The fourth-order valence-corrected chi connectivity index (χ4v) is 2.35. The van der Waals surface area contributed by atoms with E-state index in [2.05, 4.69) is 26.1 Å². The minimum Gasteiger partial charge on any atom is -0.486 e. The van der Waals surface area contributed by atoms with Gasteiger partial charge in [-0.2, -0.15) is 4.98 Å². The molecule has 2 aromatic rings. The van der Waals surface area contributed by atoms with Crippen molar-refractivity contribution < 1.29 is 14.0 Å². The van der Waals surface area contributed by atoms with Crippen LogP contribution in [-0.2, 0) is 0 Å². The second-order valence-corrected chi connectivity index (χ2v) is 4.65. The van der Waals surface area contributed by atoms with E-state index in [-0.39, 0.29) is 0 Å². The standard InChI is InChI=1S/C11H10BrN3O3/c12-7-3-6(9(13)11-14-5-18-15-11)4-8-10(7)17-2-1-16-8/h3-5,9H,1-2,13H2. The fourth-order valence-electron chi connectivity index (χ4n) is 1.78. The number of fused-ring (bicyclic) bond motifs is 1. The van der Waals surface area contributed by atoms with Crippen molar-refractivity contribution >= 4 is 15.9 Å². The molecule has 94 valence electrons. The predicted molar refractivity (Wildman–Crippen MR) is 65.5 cm³/mol. The molecule has 1 aliphatic heterocycles. The fraction of sp³-hybridized carbons (Fsp3) is 0.273.